The SMILES string of the molecule is CC(=O)NC(Cc1cc(F)cc(F)c1)C(O)CN.CCCCC(O)CCCC.CCc1cccc(C)c1. The van der Waals surface area contributed by atoms with Gasteiger partial charge in [-0.2, -0.15) is 0 Å². The fraction of sp³-hybridized carbons (Fsp3) is 0.567. The van der Waals surface area contributed by atoms with Gasteiger partial charge in [0, 0.05) is 19.5 Å². The van der Waals surface area contributed by atoms with Gasteiger partial charge >= 0.3 is 0 Å². The molecule has 0 aromatic heterocycles. The van der Waals surface area contributed by atoms with Crippen molar-refractivity contribution in [2.75, 3.05) is 6.54 Å². The van der Waals surface area contributed by atoms with Crippen LogP contribution in [0.2, 0.25) is 0 Å². The van der Waals surface area contributed by atoms with Crippen molar-refractivity contribution in [2.24, 2.45) is 5.73 Å². The normalized spacial score (nSPS) is 12.1. The molecular weight excluding hydrogens is 474 g/mol. The lowest BCUT2D eigenvalue weighted by atomic mass is 10.0. The summed E-state index contributed by atoms with van der Waals surface area (Å²) in [6, 6.07) is 11.0. The number of aliphatic hydroxyl groups is 2. The number of benzene rings is 2. The molecule has 0 heterocycles. The Kier molecular flexibility index (Phi) is 19.4. The van der Waals surface area contributed by atoms with Crippen molar-refractivity contribution in [3.05, 3.63) is 70.8 Å². The van der Waals surface area contributed by atoms with Crippen LogP contribution in [0.4, 0.5) is 8.78 Å². The Morgan fingerprint density at radius 3 is 1.92 bits per heavy atom. The van der Waals surface area contributed by atoms with E-state index >= 15 is 0 Å². The number of aryl methyl sites for hydroxylation is 2. The predicted octanol–water partition coefficient (Wildman–Crippen LogP) is 5.62. The highest BCUT2D eigenvalue weighted by Gasteiger charge is 2.19. The Morgan fingerprint density at radius 1 is 0.946 bits per heavy atom. The predicted molar refractivity (Wildman–Crippen MR) is 148 cm³/mol. The molecule has 5 nitrogen and oxygen atoms in total. The van der Waals surface area contributed by atoms with Crippen LogP contribution in [0.1, 0.15) is 82.9 Å². The number of rotatable bonds is 12. The van der Waals surface area contributed by atoms with Gasteiger partial charge in [0.25, 0.3) is 0 Å². The van der Waals surface area contributed by atoms with Crippen LogP contribution in [0.5, 0.6) is 0 Å². The van der Waals surface area contributed by atoms with Crippen LogP contribution in [0.25, 0.3) is 0 Å². The third-order valence-corrected chi connectivity index (χ3v) is 5.75. The molecule has 5 N–H and O–H groups in total. The van der Waals surface area contributed by atoms with Crippen LogP contribution in [-0.4, -0.2) is 40.9 Å². The summed E-state index contributed by atoms with van der Waals surface area (Å²) in [5, 5.41) is 21.5. The topological polar surface area (TPSA) is 95.6 Å². The number of amides is 1. The second-order valence-corrected chi connectivity index (χ2v) is 9.37. The number of halogens is 2. The van der Waals surface area contributed by atoms with E-state index in [1.165, 1.54) is 43.7 Å². The van der Waals surface area contributed by atoms with Gasteiger partial charge in [-0.15, -0.1) is 0 Å². The van der Waals surface area contributed by atoms with Crippen molar-refractivity contribution in [1.29, 1.82) is 0 Å². The fourth-order valence-corrected chi connectivity index (χ4v) is 3.65. The average molecular weight is 523 g/mol. The van der Waals surface area contributed by atoms with Crippen LogP contribution in [0, 0.1) is 18.6 Å². The van der Waals surface area contributed by atoms with Gasteiger partial charge in [0.15, 0.2) is 0 Å². The fourth-order valence-electron chi connectivity index (χ4n) is 3.65. The van der Waals surface area contributed by atoms with Crippen LogP contribution < -0.4 is 11.1 Å². The molecule has 0 aliphatic carbocycles. The molecule has 0 saturated carbocycles. The van der Waals surface area contributed by atoms with E-state index in [4.69, 9.17) is 5.73 Å². The summed E-state index contributed by atoms with van der Waals surface area (Å²) in [7, 11) is 0. The zero-order valence-corrected chi connectivity index (χ0v) is 23.3. The van der Waals surface area contributed by atoms with E-state index < -0.39 is 23.8 Å². The first-order valence-electron chi connectivity index (χ1n) is 13.4. The van der Waals surface area contributed by atoms with Crippen molar-refractivity contribution in [1.82, 2.24) is 5.32 Å². The first-order chi connectivity index (χ1) is 17.6. The van der Waals surface area contributed by atoms with Gasteiger partial charge < -0.3 is 21.3 Å². The molecule has 2 unspecified atom stereocenters. The van der Waals surface area contributed by atoms with E-state index in [0.29, 0.717) is 5.56 Å². The quantitative estimate of drug-likeness (QED) is 0.291. The second kappa shape index (κ2) is 20.7. The zero-order chi connectivity index (χ0) is 28.2. The Bertz CT molecular complexity index is 851. The van der Waals surface area contributed by atoms with E-state index in [1.807, 2.05) is 0 Å². The number of carbonyl (C=O) groups is 1. The van der Waals surface area contributed by atoms with E-state index in [0.717, 1.165) is 37.5 Å². The van der Waals surface area contributed by atoms with Crippen LogP contribution >= 0.6 is 0 Å². The number of nitrogens with two attached hydrogens (primary N) is 1. The Labute approximate surface area is 222 Å². The van der Waals surface area contributed by atoms with E-state index in [9.17, 15) is 23.8 Å². The summed E-state index contributed by atoms with van der Waals surface area (Å²) in [4.78, 5) is 11.0. The molecule has 2 aromatic rings. The molecule has 2 aromatic carbocycles. The molecular formula is C30H48F2N2O3. The standard InChI is InChI=1S/C12H16F2N2O2.C9H20O.C9H12/c1-7(17)16-11(12(18)6-15)4-8-2-9(13)5-10(14)3-8;1-3-5-7-9(10)8-6-4-2;1-3-9-6-4-5-8(2)7-9/h2-3,5,11-12,18H,4,6,15H2,1H3,(H,16,17);9-10H,3-8H2,1-2H3;4-7H,3H2,1-2H3. The summed E-state index contributed by atoms with van der Waals surface area (Å²) in [5.41, 5.74) is 8.44. The molecule has 37 heavy (non-hydrogen) atoms. The van der Waals surface area contributed by atoms with Gasteiger partial charge in [-0.05, 0) is 55.9 Å². The van der Waals surface area contributed by atoms with Crippen molar-refractivity contribution in [3.63, 3.8) is 0 Å². The lowest BCUT2D eigenvalue weighted by Gasteiger charge is -2.22. The van der Waals surface area contributed by atoms with Crippen molar-refractivity contribution >= 4 is 5.91 Å². The maximum Gasteiger partial charge on any atom is 0.217 e. The largest absolute Gasteiger partial charge is 0.393 e. The molecule has 0 saturated heterocycles. The van der Waals surface area contributed by atoms with Crippen LogP contribution in [0.3, 0.4) is 0 Å². The first-order valence-corrected chi connectivity index (χ1v) is 13.4. The molecule has 210 valence electrons. The molecule has 7 heteroatoms. The highest BCUT2D eigenvalue weighted by Crippen LogP contribution is 2.12. The monoisotopic (exact) mass is 522 g/mol. The summed E-state index contributed by atoms with van der Waals surface area (Å²) in [6.45, 7) is 9.86. The van der Waals surface area contributed by atoms with Crippen molar-refractivity contribution in [2.45, 2.75) is 104 Å². The molecule has 0 spiro atoms. The minimum Gasteiger partial charge on any atom is -0.393 e. The smallest absolute Gasteiger partial charge is 0.217 e. The number of carbonyl (C=O) groups excluding carboxylic acids is 1. The van der Waals surface area contributed by atoms with Gasteiger partial charge in [-0.1, -0.05) is 76.3 Å². The van der Waals surface area contributed by atoms with Gasteiger partial charge in [-0.3, -0.25) is 4.79 Å². The number of aliphatic hydroxyl groups excluding tert-OH is 2. The highest BCUT2D eigenvalue weighted by molar-refractivity contribution is 5.73. The zero-order valence-electron chi connectivity index (χ0n) is 23.3. The average Bonchev–Trinajstić information content (AvgIpc) is 2.85. The van der Waals surface area contributed by atoms with Gasteiger partial charge in [0.05, 0.1) is 18.2 Å². The number of hydrogen-bond acceptors (Lipinski definition) is 4. The van der Waals surface area contributed by atoms with E-state index in [1.54, 1.807) is 0 Å². The maximum absolute atomic E-state index is 13.0. The molecule has 2 rings (SSSR count). The summed E-state index contributed by atoms with van der Waals surface area (Å²) in [5.74, 6) is -1.74. The minimum absolute atomic E-state index is 0.0279. The second-order valence-electron chi connectivity index (χ2n) is 9.37. The highest BCUT2D eigenvalue weighted by atomic mass is 19.1. The molecule has 1 amide bonds. The van der Waals surface area contributed by atoms with Crippen LogP contribution in [-0.2, 0) is 17.6 Å². The number of hydrogen-bond donors (Lipinski definition) is 4. The maximum atomic E-state index is 13.0. The van der Waals surface area contributed by atoms with Gasteiger partial charge in [0.2, 0.25) is 5.91 Å². The summed E-state index contributed by atoms with van der Waals surface area (Å²) in [6.07, 6.45) is 6.98. The van der Waals surface area contributed by atoms with Crippen LogP contribution in [0.15, 0.2) is 42.5 Å². The Hall–Kier alpha value is -2.35. The molecule has 0 aliphatic rings. The number of nitrogens with one attached hydrogen (secondary N) is 1. The molecule has 0 fully saturated rings. The molecule has 0 radical (unpaired) electrons. The van der Waals surface area contributed by atoms with E-state index in [2.05, 4.69) is 57.3 Å². The Balaban J connectivity index is 0.000000577. The summed E-state index contributed by atoms with van der Waals surface area (Å²) >= 11 is 0. The molecule has 0 aliphatic heterocycles. The third-order valence-electron chi connectivity index (χ3n) is 5.75. The summed E-state index contributed by atoms with van der Waals surface area (Å²) < 4.78 is 26.0. The Morgan fingerprint density at radius 2 is 1.51 bits per heavy atom. The van der Waals surface area contributed by atoms with Gasteiger partial charge in [-0.25, -0.2) is 8.78 Å². The molecule has 0 bridgehead atoms. The third kappa shape index (κ3) is 17.7. The van der Waals surface area contributed by atoms with Crippen molar-refractivity contribution in [3.8, 4) is 0 Å². The van der Waals surface area contributed by atoms with E-state index in [-0.39, 0.29) is 25.0 Å². The lowest BCUT2D eigenvalue weighted by Crippen LogP contribution is -2.47. The number of unbranched alkanes of at least 4 members (excludes halogenated alkanes) is 2. The van der Waals surface area contributed by atoms with Crippen molar-refractivity contribution < 1.29 is 23.8 Å². The minimum atomic E-state index is -0.972. The van der Waals surface area contributed by atoms with Gasteiger partial charge in [0.1, 0.15) is 11.6 Å². The molecule has 2 atom stereocenters. The lowest BCUT2D eigenvalue weighted by molar-refractivity contribution is -0.120. The first kappa shape index (κ1) is 34.6.